The third-order valence-electron chi connectivity index (χ3n) is 4.91. The number of hydrogen-bond donors (Lipinski definition) is 2. The van der Waals surface area contributed by atoms with Crippen LogP contribution in [0.4, 0.5) is 4.79 Å². The largest absolute Gasteiger partial charge is 0.395 e. The summed E-state index contributed by atoms with van der Waals surface area (Å²) >= 11 is 0. The Morgan fingerprint density at radius 3 is 2.61 bits per heavy atom. The summed E-state index contributed by atoms with van der Waals surface area (Å²) in [6.45, 7) is 5.52. The monoisotopic (exact) mass is 318 g/mol. The van der Waals surface area contributed by atoms with Crippen molar-refractivity contribution in [1.29, 1.82) is 0 Å². The second-order valence-corrected chi connectivity index (χ2v) is 6.90. The second kappa shape index (κ2) is 8.92. The summed E-state index contributed by atoms with van der Waals surface area (Å²) in [5.41, 5.74) is 1.21. The normalized spacial score (nSPS) is 24.2. The number of hydrogen-bond acceptors (Lipinski definition) is 2. The predicted octanol–water partition coefficient (Wildman–Crippen LogP) is 3.06. The minimum Gasteiger partial charge on any atom is -0.395 e. The minimum atomic E-state index is -0.0404. The van der Waals surface area contributed by atoms with Crippen molar-refractivity contribution >= 4 is 6.03 Å². The maximum absolute atomic E-state index is 12.6. The SMILES string of the molecule is CC1CCC(NC(=O)N(CCO)CCc2ccccc2)C(C)C1. The number of rotatable bonds is 6. The van der Waals surface area contributed by atoms with Crippen molar-refractivity contribution in [2.45, 2.75) is 45.6 Å². The van der Waals surface area contributed by atoms with Crippen molar-refractivity contribution in [2.24, 2.45) is 11.8 Å². The standard InChI is InChI=1S/C19H30N2O2/c1-15-8-9-18(16(2)14-15)20-19(23)21(12-13-22)11-10-17-6-4-3-5-7-17/h3-7,15-16,18,22H,8-14H2,1-2H3,(H,20,23). The van der Waals surface area contributed by atoms with Crippen LogP contribution in [0.1, 0.15) is 38.7 Å². The summed E-state index contributed by atoms with van der Waals surface area (Å²) < 4.78 is 0. The molecule has 0 bridgehead atoms. The molecule has 4 heteroatoms. The van der Waals surface area contributed by atoms with Gasteiger partial charge in [0, 0.05) is 19.1 Å². The van der Waals surface area contributed by atoms with Gasteiger partial charge in [-0.2, -0.15) is 0 Å². The zero-order valence-corrected chi connectivity index (χ0v) is 14.4. The maximum Gasteiger partial charge on any atom is 0.317 e. The highest BCUT2D eigenvalue weighted by molar-refractivity contribution is 5.74. The van der Waals surface area contributed by atoms with Gasteiger partial charge in [0.2, 0.25) is 0 Å². The van der Waals surface area contributed by atoms with Crippen molar-refractivity contribution < 1.29 is 9.90 Å². The van der Waals surface area contributed by atoms with Crippen molar-refractivity contribution in [1.82, 2.24) is 10.2 Å². The minimum absolute atomic E-state index is 0.000532. The zero-order chi connectivity index (χ0) is 16.7. The Balaban J connectivity index is 1.87. The van der Waals surface area contributed by atoms with Crippen LogP contribution in [0, 0.1) is 11.8 Å². The van der Waals surface area contributed by atoms with Crippen LogP contribution in [0.15, 0.2) is 30.3 Å². The molecule has 0 heterocycles. The van der Waals surface area contributed by atoms with Gasteiger partial charge in [-0.05, 0) is 43.1 Å². The van der Waals surface area contributed by atoms with E-state index in [-0.39, 0.29) is 18.7 Å². The van der Waals surface area contributed by atoms with Crippen LogP contribution in [-0.2, 0) is 6.42 Å². The lowest BCUT2D eigenvalue weighted by Gasteiger charge is -2.34. The maximum atomic E-state index is 12.6. The second-order valence-electron chi connectivity index (χ2n) is 6.90. The van der Waals surface area contributed by atoms with E-state index in [9.17, 15) is 9.90 Å². The van der Waals surface area contributed by atoms with Crippen LogP contribution in [0.25, 0.3) is 0 Å². The molecule has 2 rings (SSSR count). The van der Waals surface area contributed by atoms with Crippen LogP contribution < -0.4 is 5.32 Å². The van der Waals surface area contributed by atoms with Gasteiger partial charge in [0.15, 0.2) is 0 Å². The van der Waals surface area contributed by atoms with Gasteiger partial charge in [0.1, 0.15) is 0 Å². The van der Waals surface area contributed by atoms with E-state index in [1.54, 1.807) is 4.90 Å². The molecular weight excluding hydrogens is 288 g/mol. The van der Waals surface area contributed by atoms with Crippen LogP contribution in [0.2, 0.25) is 0 Å². The molecule has 3 atom stereocenters. The quantitative estimate of drug-likeness (QED) is 0.847. The molecule has 1 aromatic rings. The smallest absolute Gasteiger partial charge is 0.317 e. The highest BCUT2D eigenvalue weighted by Crippen LogP contribution is 2.28. The first-order valence-corrected chi connectivity index (χ1v) is 8.80. The molecule has 4 nitrogen and oxygen atoms in total. The van der Waals surface area contributed by atoms with Gasteiger partial charge in [-0.3, -0.25) is 0 Å². The van der Waals surface area contributed by atoms with Crippen LogP contribution in [0.3, 0.4) is 0 Å². The zero-order valence-electron chi connectivity index (χ0n) is 14.4. The summed E-state index contributed by atoms with van der Waals surface area (Å²) in [5.74, 6) is 1.28. The first-order chi connectivity index (χ1) is 11.1. The van der Waals surface area contributed by atoms with E-state index >= 15 is 0 Å². The first kappa shape index (κ1) is 17.8. The highest BCUT2D eigenvalue weighted by Gasteiger charge is 2.27. The fraction of sp³-hybridized carbons (Fsp3) is 0.632. The number of aliphatic hydroxyl groups excluding tert-OH is 1. The number of aliphatic hydroxyl groups is 1. The van der Waals surface area contributed by atoms with Crippen LogP contribution in [-0.4, -0.2) is 41.8 Å². The third kappa shape index (κ3) is 5.54. The Morgan fingerprint density at radius 2 is 1.96 bits per heavy atom. The van der Waals surface area contributed by atoms with E-state index < -0.39 is 0 Å². The molecule has 1 aliphatic rings. The molecule has 0 spiro atoms. The van der Waals surface area contributed by atoms with Gasteiger partial charge in [-0.15, -0.1) is 0 Å². The first-order valence-electron chi connectivity index (χ1n) is 8.80. The van der Waals surface area contributed by atoms with Crippen LogP contribution >= 0.6 is 0 Å². The fourth-order valence-electron chi connectivity index (χ4n) is 3.47. The molecule has 1 fully saturated rings. The lowest BCUT2D eigenvalue weighted by Crippen LogP contribution is -2.49. The van der Waals surface area contributed by atoms with Gasteiger partial charge in [-0.25, -0.2) is 4.79 Å². The molecule has 1 saturated carbocycles. The van der Waals surface area contributed by atoms with Gasteiger partial charge in [0.05, 0.1) is 6.61 Å². The number of nitrogens with zero attached hydrogens (tertiary/aromatic N) is 1. The molecule has 3 unspecified atom stereocenters. The molecule has 2 N–H and O–H groups in total. The fourth-order valence-corrected chi connectivity index (χ4v) is 3.47. The van der Waals surface area contributed by atoms with E-state index in [4.69, 9.17) is 0 Å². The van der Waals surface area contributed by atoms with Crippen molar-refractivity contribution in [3.63, 3.8) is 0 Å². The number of carbonyl (C=O) groups is 1. The molecule has 128 valence electrons. The van der Waals surface area contributed by atoms with E-state index in [0.29, 0.717) is 19.0 Å². The number of amides is 2. The summed E-state index contributed by atoms with van der Waals surface area (Å²) in [6, 6.07) is 10.4. The molecule has 0 aromatic heterocycles. The number of benzene rings is 1. The predicted molar refractivity (Wildman–Crippen MR) is 93.3 cm³/mol. The van der Waals surface area contributed by atoms with Crippen LogP contribution in [0.5, 0.6) is 0 Å². The Hall–Kier alpha value is -1.55. The average molecular weight is 318 g/mol. The Bertz CT molecular complexity index is 478. The highest BCUT2D eigenvalue weighted by atomic mass is 16.3. The molecule has 1 aliphatic carbocycles. The molecule has 0 saturated heterocycles. The van der Waals surface area contributed by atoms with Gasteiger partial charge in [0.25, 0.3) is 0 Å². The number of urea groups is 1. The lowest BCUT2D eigenvalue weighted by molar-refractivity contribution is 0.161. The Labute approximate surface area is 139 Å². The van der Waals surface area contributed by atoms with Gasteiger partial charge >= 0.3 is 6.03 Å². The Kier molecular flexibility index (Phi) is 6.90. The van der Waals surface area contributed by atoms with E-state index in [0.717, 1.165) is 18.8 Å². The molecule has 1 aromatic carbocycles. The number of carbonyl (C=O) groups excluding carboxylic acids is 1. The van der Waals surface area contributed by atoms with Gasteiger partial charge in [-0.1, -0.05) is 44.2 Å². The average Bonchev–Trinajstić information content (AvgIpc) is 2.55. The lowest BCUT2D eigenvalue weighted by atomic mass is 9.80. The summed E-state index contributed by atoms with van der Waals surface area (Å²) in [5, 5.41) is 12.4. The van der Waals surface area contributed by atoms with Crippen molar-refractivity contribution in [2.75, 3.05) is 19.7 Å². The third-order valence-corrected chi connectivity index (χ3v) is 4.91. The molecule has 23 heavy (non-hydrogen) atoms. The summed E-state index contributed by atoms with van der Waals surface area (Å²) in [7, 11) is 0. The van der Waals surface area contributed by atoms with Crippen molar-refractivity contribution in [3.8, 4) is 0 Å². The Morgan fingerprint density at radius 1 is 1.22 bits per heavy atom. The number of nitrogens with one attached hydrogen (secondary N) is 1. The van der Waals surface area contributed by atoms with Crippen molar-refractivity contribution in [3.05, 3.63) is 35.9 Å². The topological polar surface area (TPSA) is 52.6 Å². The molecular formula is C19H30N2O2. The summed E-state index contributed by atoms with van der Waals surface area (Å²) in [6.07, 6.45) is 4.22. The summed E-state index contributed by atoms with van der Waals surface area (Å²) in [4.78, 5) is 14.3. The van der Waals surface area contributed by atoms with E-state index in [2.05, 4.69) is 31.3 Å². The van der Waals surface area contributed by atoms with Gasteiger partial charge < -0.3 is 15.3 Å². The molecule has 2 amide bonds. The molecule has 0 radical (unpaired) electrons. The molecule has 0 aliphatic heterocycles. The van der Waals surface area contributed by atoms with E-state index in [1.165, 1.54) is 18.4 Å². The van der Waals surface area contributed by atoms with E-state index in [1.807, 2.05) is 18.2 Å².